The summed E-state index contributed by atoms with van der Waals surface area (Å²) in [5, 5.41) is 1.17. The second-order valence-electron chi connectivity index (χ2n) is 9.10. The molecule has 0 aliphatic carbocycles. The van der Waals surface area contributed by atoms with E-state index in [0.717, 1.165) is 11.4 Å². The van der Waals surface area contributed by atoms with Crippen LogP contribution in [0.15, 0.2) is 72.1 Å². The van der Waals surface area contributed by atoms with Crippen molar-refractivity contribution in [3.05, 3.63) is 90.1 Å². The summed E-state index contributed by atoms with van der Waals surface area (Å²) in [6.45, 7) is 7.46. The highest BCUT2D eigenvalue weighted by molar-refractivity contribution is 7.99. The first kappa shape index (κ1) is 28.4. The van der Waals surface area contributed by atoms with Crippen LogP contribution in [0.1, 0.15) is 42.6 Å². The van der Waals surface area contributed by atoms with Crippen LogP contribution in [0.2, 0.25) is 0 Å². The fourth-order valence-electron chi connectivity index (χ4n) is 4.56. The number of hydrogen-bond acceptors (Lipinski definition) is 11. The highest BCUT2D eigenvalue weighted by Crippen LogP contribution is 2.38. The molecule has 1 aliphatic rings. The zero-order valence-corrected chi connectivity index (χ0v) is 25.0. The maximum atomic E-state index is 13.9. The van der Waals surface area contributed by atoms with Crippen molar-refractivity contribution in [2.45, 2.75) is 44.0 Å². The number of esters is 1. The quantitative estimate of drug-likeness (QED) is 0.221. The number of aryl methyl sites for hydroxylation is 2. The summed E-state index contributed by atoms with van der Waals surface area (Å²) in [5.74, 6) is 0.968. The zero-order chi connectivity index (χ0) is 29.3. The van der Waals surface area contributed by atoms with Crippen molar-refractivity contribution in [3.8, 4) is 11.5 Å². The van der Waals surface area contributed by atoms with Gasteiger partial charge in [-0.05, 0) is 75.9 Å². The number of methoxy groups -OCH3 is 2. The standard InChI is InChI=1S/C29H28N4O6S2/c1-7-38-27(35)24-17(4)32-29-33(25(24)20-13-18(36-5)8-10-21(20)37-6)26(34)22(40-29)14-19-9-11-23(39-19)41-28-30-15(2)12-16(3)31-28/h8-14,25H,7H2,1-6H3/b22-14+/t25-/m1/s1. The summed E-state index contributed by atoms with van der Waals surface area (Å²) < 4.78 is 24.3. The minimum atomic E-state index is -0.845. The SMILES string of the molecule is CCOC(=O)C1=C(C)N=c2s/c(=C/c3ccc(Sc4nc(C)cc(C)n4)o3)c(=O)n2[C@@H]1c1cc(OC)ccc1OC. The predicted molar refractivity (Wildman–Crippen MR) is 154 cm³/mol. The van der Waals surface area contributed by atoms with E-state index in [1.54, 1.807) is 51.3 Å². The molecule has 0 fully saturated rings. The topological polar surface area (TPSA) is 118 Å². The van der Waals surface area contributed by atoms with Crippen molar-refractivity contribution in [2.75, 3.05) is 20.8 Å². The molecule has 0 bridgehead atoms. The molecule has 0 spiro atoms. The Bertz CT molecular complexity index is 1830. The van der Waals surface area contributed by atoms with Crippen LogP contribution in [0.5, 0.6) is 11.5 Å². The molecular formula is C29H28N4O6S2. The summed E-state index contributed by atoms with van der Waals surface area (Å²) in [7, 11) is 3.08. The van der Waals surface area contributed by atoms with Crippen LogP contribution in [0, 0.1) is 13.8 Å². The molecule has 4 heterocycles. The van der Waals surface area contributed by atoms with Crippen molar-refractivity contribution in [1.29, 1.82) is 0 Å². The molecule has 0 saturated carbocycles. The lowest BCUT2D eigenvalue weighted by atomic mass is 9.95. The van der Waals surface area contributed by atoms with E-state index in [9.17, 15) is 9.59 Å². The molecule has 0 unspecified atom stereocenters. The Morgan fingerprint density at radius 3 is 2.54 bits per heavy atom. The third kappa shape index (κ3) is 5.70. The van der Waals surface area contributed by atoms with Gasteiger partial charge in [-0.1, -0.05) is 11.3 Å². The van der Waals surface area contributed by atoms with Crippen LogP contribution in [0.3, 0.4) is 0 Å². The number of thiazole rings is 1. The Labute approximate surface area is 244 Å². The van der Waals surface area contributed by atoms with E-state index in [1.807, 2.05) is 26.0 Å². The third-order valence-corrected chi connectivity index (χ3v) is 8.05. The first-order chi connectivity index (χ1) is 19.7. The molecule has 0 amide bonds. The van der Waals surface area contributed by atoms with Crippen molar-refractivity contribution >= 4 is 35.1 Å². The molecule has 0 N–H and O–H groups in total. The van der Waals surface area contributed by atoms with Gasteiger partial charge in [0.15, 0.2) is 15.1 Å². The van der Waals surface area contributed by atoms with Crippen molar-refractivity contribution < 1.29 is 23.4 Å². The van der Waals surface area contributed by atoms with Gasteiger partial charge in [-0.15, -0.1) is 0 Å². The van der Waals surface area contributed by atoms with Gasteiger partial charge in [0.1, 0.15) is 23.3 Å². The molecular weight excluding hydrogens is 564 g/mol. The number of furan rings is 1. The Balaban J connectivity index is 1.62. The number of rotatable bonds is 8. The highest BCUT2D eigenvalue weighted by Gasteiger charge is 2.35. The molecule has 212 valence electrons. The molecule has 4 aromatic rings. The highest BCUT2D eigenvalue weighted by atomic mass is 32.2. The number of aromatic nitrogens is 3. The summed E-state index contributed by atoms with van der Waals surface area (Å²) >= 11 is 2.51. The van der Waals surface area contributed by atoms with Crippen LogP contribution >= 0.6 is 23.1 Å². The van der Waals surface area contributed by atoms with Gasteiger partial charge in [0, 0.05) is 23.0 Å². The summed E-state index contributed by atoms with van der Waals surface area (Å²) in [5.41, 5.74) is 2.68. The van der Waals surface area contributed by atoms with Crippen LogP contribution in [-0.4, -0.2) is 41.3 Å². The number of carbonyl (C=O) groups excluding carboxylic acids is 1. The number of carbonyl (C=O) groups is 1. The fourth-order valence-corrected chi connectivity index (χ4v) is 6.42. The zero-order valence-electron chi connectivity index (χ0n) is 23.4. The van der Waals surface area contributed by atoms with Gasteiger partial charge in [0.25, 0.3) is 5.56 Å². The molecule has 12 heteroatoms. The summed E-state index contributed by atoms with van der Waals surface area (Å²) in [6, 6.07) is 9.89. The Hall–Kier alpha value is -4.16. The van der Waals surface area contributed by atoms with Crippen molar-refractivity contribution in [1.82, 2.24) is 14.5 Å². The molecule has 1 aliphatic heterocycles. The monoisotopic (exact) mass is 592 g/mol. The van der Waals surface area contributed by atoms with Crippen molar-refractivity contribution in [3.63, 3.8) is 0 Å². The van der Waals surface area contributed by atoms with E-state index in [4.69, 9.17) is 18.6 Å². The summed E-state index contributed by atoms with van der Waals surface area (Å²) in [6.07, 6.45) is 1.67. The third-order valence-electron chi connectivity index (χ3n) is 6.28. The minimum Gasteiger partial charge on any atom is -0.497 e. The first-order valence-corrected chi connectivity index (χ1v) is 14.4. The lowest BCUT2D eigenvalue weighted by molar-refractivity contribution is -0.139. The lowest BCUT2D eigenvalue weighted by Gasteiger charge is -2.26. The largest absolute Gasteiger partial charge is 0.497 e. The molecule has 3 aromatic heterocycles. The van der Waals surface area contributed by atoms with Gasteiger partial charge in [-0.2, -0.15) is 0 Å². The van der Waals surface area contributed by atoms with Gasteiger partial charge in [-0.25, -0.2) is 19.8 Å². The second kappa shape index (κ2) is 11.8. The predicted octanol–water partition coefficient (Wildman–Crippen LogP) is 3.97. The average Bonchev–Trinajstić information content (AvgIpc) is 3.50. The van der Waals surface area contributed by atoms with Gasteiger partial charge >= 0.3 is 5.97 Å². The van der Waals surface area contributed by atoms with E-state index in [0.29, 0.717) is 48.1 Å². The van der Waals surface area contributed by atoms with E-state index in [-0.39, 0.29) is 17.7 Å². The number of ether oxygens (including phenoxy) is 3. The maximum Gasteiger partial charge on any atom is 0.338 e. The lowest BCUT2D eigenvalue weighted by Crippen LogP contribution is -2.40. The average molecular weight is 593 g/mol. The molecule has 0 saturated heterocycles. The van der Waals surface area contributed by atoms with Crippen LogP contribution in [0.4, 0.5) is 0 Å². The fraction of sp³-hybridized carbons (Fsp3) is 0.276. The molecule has 5 rings (SSSR count). The molecule has 1 aromatic carbocycles. The van der Waals surface area contributed by atoms with E-state index in [2.05, 4.69) is 15.0 Å². The van der Waals surface area contributed by atoms with E-state index >= 15 is 0 Å². The normalized spacial score (nSPS) is 15.0. The molecule has 41 heavy (non-hydrogen) atoms. The Morgan fingerprint density at radius 1 is 1.10 bits per heavy atom. The Morgan fingerprint density at radius 2 is 1.85 bits per heavy atom. The molecule has 1 atom stereocenters. The Kier molecular flexibility index (Phi) is 8.13. The number of fused-ring (bicyclic) bond motifs is 1. The van der Waals surface area contributed by atoms with Gasteiger partial charge in [-0.3, -0.25) is 9.36 Å². The van der Waals surface area contributed by atoms with E-state index in [1.165, 1.54) is 34.8 Å². The minimum absolute atomic E-state index is 0.175. The summed E-state index contributed by atoms with van der Waals surface area (Å²) in [4.78, 5) is 41.1. The number of allylic oxidation sites excluding steroid dienone is 1. The van der Waals surface area contributed by atoms with Crippen molar-refractivity contribution in [2.24, 2.45) is 4.99 Å². The van der Waals surface area contributed by atoms with Gasteiger partial charge in [0.2, 0.25) is 0 Å². The van der Waals surface area contributed by atoms with Gasteiger partial charge < -0.3 is 18.6 Å². The smallest absolute Gasteiger partial charge is 0.338 e. The number of benzene rings is 1. The van der Waals surface area contributed by atoms with Crippen LogP contribution in [-0.2, 0) is 9.53 Å². The second-order valence-corrected chi connectivity index (χ2v) is 11.1. The number of hydrogen-bond donors (Lipinski definition) is 0. The first-order valence-electron chi connectivity index (χ1n) is 12.7. The molecule has 0 radical (unpaired) electrons. The molecule has 10 nitrogen and oxygen atoms in total. The van der Waals surface area contributed by atoms with E-state index < -0.39 is 12.0 Å². The maximum absolute atomic E-state index is 13.9. The van der Waals surface area contributed by atoms with Crippen LogP contribution in [0.25, 0.3) is 6.08 Å². The number of nitrogens with zero attached hydrogens (tertiary/aromatic N) is 4. The van der Waals surface area contributed by atoms with Crippen LogP contribution < -0.4 is 24.4 Å². The van der Waals surface area contributed by atoms with Gasteiger partial charge in [0.05, 0.1) is 36.6 Å².